The Morgan fingerprint density at radius 1 is 1.34 bits per heavy atom. The summed E-state index contributed by atoms with van der Waals surface area (Å²) in [5.74, 6) is -1.44. The fraction of sp³-hybridized carbons (Fsp3) is 0.400. The van der Waals surface area contributed by atoms with Crippen LogP contribution in [0.15, 0.2) is 40.7 Å². The maximum Gasteiger partial charge on any atom is 0.336 e. The van der Waals surface area contributed by atoms with E-state index in [2.05, 4.69) is 5.32 Å². The molecule has 1 aliphatic carbocycles. The van der Waals surface area contributed by atoms with Gasteiger partial charge in [-0.3, -0.25) is 14.9 Å². The van der Waals surface area contributed by atoms with Crippen LogP contribution in [0, 0.1) is 10.1 Å². The molecule has 2 aliphatic rings. The summed E-state index contributed by atoms with van der Waals surface area (Å²) in [4.78, 5) is 36.4. The number of hydrogen-bond acceptors (Lipinski definition) is 7. The predicted molar refractivity (Wildman–Crippen MR) is 105 cm³/mol. The number of methoxy groups -OCH3 is 1. The minimum absolute atomic E-state index is 0.0122. The molecule has 0 radical (unpaired) electrons. The number of benzene rings is 1. The molecule has 1 N–H and O–H groups in total. The van der Waals surface area contributed by atoms with Crippen LogP contribution in [0.5, 0.6) is 0 Å². The molecule has 9 heteroatoms. The van der Waals surface area contributed by atoms with Crippen LogP contribution in [0.25, 0.3) is 0 Å². The summed E-state index contributed by atoms with van der Waals surface area (Å²) in [5.41, 5.74) is 2.18. The molecule has 0 saturated carbocycles. The molecule has 0 unspecified atom stereocenters. The Labute approximate surface area is 172 Å². The fourth-order valence-corrected chi connectivity index (χ4v) is 3.92. The zero-order chi connectivity index (χ0) is 21.1. The monoisotopic (exact) mass is 420 g/mol. The normalized spacial score (nSPS) is 19.0. The van der Waals surface area contributed by atoms with Crippen molar-refractivity contribution in [3.63, 3.8) is 0 Å². The van der Waals surface area contributed by atoms with E-state index < -0.39 is 16.8 Å². The molecule has 1 aromatic rings. The molecule has 1 atom stereocenters. The minimum atomic E-state index is -0.759. The lowest BCUT2D eigenvalue weighted by molar-refractivity contribution is -0.384. The molecule has 0 amide bonds. The van der Waals surface area contributed by atoms with Crippen molar-refractivity contribution < 1.29 is 24.0 Å². The first-order valence-electron chi connectivity index (χ1n) is 9.19. The van der Waals surface area contributed by atoms with Gasteiger partial charge in [0.25, 0.3) is 5.69 Å². The van der Waals surface area contributed by atoms with Gasteiger partial charge in [-0.15, -0.1) is 0 Å². The van der Waals surface area contributed by atoms with E-state index in [0.29, 0.717) is 36.1 Å². The Kier molecular flexibility index (Phi) is 6.34. The second-order valence-electron chi connectivity index (χ2n) is 6.86. The van der Waals surface area contributed by atoms with Crippen molar-refractivity contribution in [1.82, 2.24) is 5.32 Å². The number of ketones is 1. The molecule has 1 heterocycles. The van der Waals surface area contributed by atoms with Crippen LogP contribution in [-0.4, -0.2) is 37.0 Å². The van der Waals surface area contributed by atoms with Crippen LogP contribution in [0.2, 0.25) is 5.02 Å². The van der Waals surface area contributed by atoms with Crippen LogP contribution >= 0.6 is 11.6 Å². The lowest BCUT2D eigenvalue weighted by Crippen LogP contribution is -2.34. The first-order chi connectivity index (χ1) is 13.8. The Bertz CT molecular complexity index is 937. The highest BCUT2D eigenvalue weighted by atomic mass is 35.5. The van der Waals surface area contributed by atoms with E-state index in [0.717, 1.165) is 5.70 Å². The Hall–Kier alpha value is -2.71. The highest BCUT2D eigenvalue weighted by Crippen LogP contribution is 2.43. The molecule has 0 saturated heterocycles. The Morgan fingerprint density at radius 2 is 2.10 bits per heavy atom. The van der Waals surface area contributed by atoms with E-state index in [4.69, 9.17) is 21.1 Å². The number of dihydropyridines is 1. The van der Waals surface area contributed by atoms with E-state index in [9.17, 15) is 19.7 Å². The molecule has 1 aromatic carbocycles. The van der Waals surface area contributed by atoms with Crippen LogP contribution in [-0.2, 0) is 19.1 Å². The number of allylic oxidation sites excluding steroid dienone is 3. The van der Waals surface area contributed by atoms with Gasteiger partial charge in [-0.2, -0.15) is 0 Å². The van der Waals surface area contributed by atoms with Gasteiger partial charge in [-0.1, -0.05) is 17.7 Å². The summed E-state index contributed by atoms with van der Waals surface area (Å²) < 4.78 is 10.2. The maximum atomic E-state index is 12.9. The van der Waals surface area contributed by atoms with E-state index in [1.165, 1.54) is 19.2 Å². The summed E-state index contributed by atoms with van der Waals surface area (Å²) in [6, 6.07) is 4.34. The Balaban J connectivity index is 2.12. The molecule has 0 bridgehead atoms. The smallest absolute Gasteiger partial charge is 0.336 e. The third kappa shape index (κ3) is 4.18. The van der Waals surface area contributed by atoms with E-state index in [-0.39, 0.29) is 35.3 Å². The number of nitrogens with one attached hydrogen (secondary N) is 1. The second kappa shape index (κ2) is 8.75. The number of halogens is 1. The van der Waals surface area contributed by atoms with Gasteiger partial charge in [0.2, 0.25) is 0 Å². The summed E-state index contributed by atoms with van der Waals surface area (Å²) >= 11 is 5.96. The number of nitro groups is 1. The second-order valence-corrected chi connectivity index (χ2v) is 7.27. The molecule has 29 heavy (non-hydrogen) atoms. The zero-order valence-corrected chi connectivity index (χ0v) is 16.9. The van der Waals surface area contributed by atoms with Gasteiger partial charge in [0, 0.05) is 42.5 Å². The van der Waals surface area contributed by atoms with Crippen LogP contribution in [0.3, 0.4) is 0 Å². The third-order valence-corrected chi connectivity index (χ3v) is 5.34. The molecular formula is C20H21ClN2O6. The third-order valence-electron chi connectivity index (χ3n) is 5.02. The average Bonchev–Trinajstić information content (AvgIpc) is 2.67. The van der Waals surface area contributed by atoms with Gasteiger partial charge in [-0.25, -0.2) is 4.79 Å². The van der Waals surface area contributed by atoms with Crippen molar-refractivity contribution in [2.75, 3.05) is 20.3 Å². The molecular weight excluding hydrogens is 400 g/mol. The number of ether oxygens (including phenoxy) is 2. The van der Waals surface area contributed by atoms with Gasteiger partial charge < -0.3 is 14.8 Å². The number of nitrogens with zero attached hydrogens (tertiary/aromatic N) is 1. The standard InChI is InChI=1S/C20H21ClN2O6/c1-11-17(20(25)29-9-8-28-2)18(19-14(22-11)4-3-5-16(19)24)12-6-7-13(21)15(10-12)23(26)27/h6-7,10,18,22H,3-5,8-9H2,1-2H3/t18-/m1/s1. The van der Waals surface area contributed by atoms with Crippen LogP contribution in [0.1, 0.15) is 37.7 Å². The molecule has 0 aromatic heterocycles. The summed E-state index contributed by atoms with van der Waals surface area (Å²) in [6.07, 6.45) is 1.73. The molecule has 154 valence electrons. The highest BCUT2D eigenvalue weighted by Gasteiger charge is 2.39. The zero-order valence-electron chi connectivity index (χ0n) is 16.1. The summed E-state index contributed by atoms with van der Waals surface area (Å²) in [7, 11) is 1.49. The molecule has 8 nitrogen and oxygen atoms in total. The lowest BCUT2D eigenvalue weighted by atomic mass is 9.75. The first-order valence-corrected chi connectivity index (χ1v) is 9.56. The number of rotatable bonds is 6. The van der Waals surface area contributed by atoms with Crippen molar-refractivity contribution in [1.29, 1.82) is 0 Å². The topological polar surface area (TPSA) is 108 Å². The molecule has 1 aliphatic heterocycles. The van der Waals surface area contributed by atoms with Crippen LogP contribution < -0.4 is 5.32 Å². The Morgan fingerprint density at radius 3 is 2.79 bits per heavy atom. The van der Waals surface area contributed by atoms with Gasteiger partial charge in [0.05, 0.1) is 17.1 Å². The largest absolute Gasteiger partial charge is 0.460 e. The lowest BCUT2D eigenvalue weighted by Gasteiger charge is -2.34. The predicted octanol–water partition coefficient (Wildman–Crippen LogP) is 3.41. The summed E-state index contributed by atoms with van der Waals surface area (Å²) in [5, 5.41) is 14.5. The number of carbonyl (C=O) groups is 2. The van der Waals surface area contributed by atoms with Crippen molar-refractivity contribution in [2.45, 2.75) is 32.1 Å². The first kappa shape index (κ1) is 21.0. The number of carbonyl (C=O) groups excluding carboxylic acids is 2. The van der Waals surface area contributed by atoms with Crippen molar-refractivity contribution in [2.24, 2.45) is 0 Å². The van der Waals surface area contributed by atoms with Gasteiger partial charge in [0.1, 0.15) is 11.6 Å². The van der Waals surface area contributed by atoms with E-state index >= 15 is 0 Å². The average molecular weight is 421 g/mol. The quantitative estimate of drug-likeness (QED) is 0.325. The number of Topliss-reactive ketones (excluding diaryl/α,β-unsaturated/α-hetero) is 1. The van der Waals surface area contributed by atoms with Gasteiger partial charge >= 0.3 is 5.97 Å². The highest BCUT2D eigenvalue weighted by molar-refractivity contribution is 6.32. The fourth-order valence-electron chi connectivity index (χ4n) is 3.73. The van der Waals surface area contributed by atoms with Gasteiger partial charge in [-0.05, 0) is 31.4 Å². The van der Waals surface area contributed by atoms with E-state index in [1.807, 2.05) is 0 Å². The van der Waals surface area contributed by atoms with E-state index in [1.54, 1.807) is 13.0 Å². The number of hydrogen-bond donors (Lipinski definition) is 1. The maximum absolute atomic E-state index is 12.9. The van der Waals surface area contributed by atoms with Gasteiger partial charge in [0.15, 0.2) is 5.78 Å². The molecule has 0 fully saturated rings. The summed E-state index contributed by atoms with van der Waals surface area (Å²) in [6.45, 7) is 2.02. The molecule has 3 rings (SSSR count). The SMILES string of the molecule is COCCOC(=O)C1=C(C)NC2=C(C(=O)CCC2)[C@@H]1c1ccc(Cl)c([N+](=O)[O-])c1. The van der Waals surface area contributed by atoms with Crippen LogP contribution in [0.4, 0.5) is 5.69 Å². The number of nitro benzene ring substituents is 1. The number of esters is 1. The molecule has 0 spiro atoms. The van der Waals surface area contributed by atoms with Crippen molar-refractivity contribution in [3.8, 4) is 0 Å². The van der Waals surface area contributed by atoms with Crippen molar-refractivity contribution in [3.05, 3.63) is 61.4 Å². The minimum Gasteiger partial charge on any atom is -0.460 e. The van der Waals surface area contributed by atoms with Crippen molar-refractivity contribution >= 4 is 29.0 Å².